The second-order valence-corrected chi connectivity index (χ2v) is 7.36. The summed E-state index contributed by atoms with van der Waals surface area (Å²) < 4.78 is 26.9. The van der Waals surface area contributed by atoms with Crippen molar-refractivity contribution in [1.82, 2.24) is 0 Å². The molecule has 0 heterocycles. The lowest BCUT2D eigenvalue weighted by molar-refractivity contribution is 0.598. The van der Waals surface area contributed by atoms with Gasteiger partial charge in [0.05, 0.1) is 5.75 Å². The monoisotopic (exact) mass is 332 g/mol. The molecule has 0 radical (unpaired) electrons. The maximum absolute atomic E-state index is 12.1. The lowest BCUT2D eigenvalue weighted by Crippen LogP contribution is -2.17. The molecule has 0 amide bonds. The van der Waals surface area contributed by atoms with Crippen molar-refractivity contribution in [3.05, 3.63) is 60.2 Å². The summed E-state index contributed by atoms with van der Waals surface area (Å²) in [6, 6.07) is 17.3. The van der Waals surface area contributed by atoms with Gasteiger partial charge in [0.25, 0.3) is 0 Å². The number of benzene rings is 2. The Labute approximate surface area is 139 Å². The molecule has 0 saturated heterocycles. The molecule has 0 aromatic heterocycles. The van der Waals surface area contributed by atoms with Gasteiger partial charge in [-0.05, 0) is 49.1 Å². The van der Waals surface area contributed by atoms with Crippen LogP contribution in [0.5, 0.6) is 0 Å². The van der Waals surface area contributed by atoms with Crippen molar-refractivity contribution >= 4 is 21.4 Å². The van der Waals surface area contributed by atoms with Gasteiger partial charge in [-0.1, -0.05) is 37.3 Å². The molecule has 2 N–H and O–H groups in total. The Bertz CT molecular complexity index is 683. The van der Waals surface area contributed by atoms with Crippen LogP contribution in [0, 0.1) is 0 Å². The van der Waals surface area contributed by atoms with Gasteiger partial charge in [-0.3, -0.25) is 4.72 Å². The quantitative estimate of drug-likeness (QED) is 0.732. The Hall–Kier alpha value is -2.01. The molecular weight excluding hydrogens is 308 g/mol. The number of rotatable bonds is 9. The summed E-state index contributed by atoms with van der Waals surface area (Å²) in [6.45, 7) is 3.01. The summed E-state index contributed by atoms with van der Waals surface area (Å²) in [4.78, 5) is 0. The highest BCUT2D eigenvalue weighted by molar-refractivity contribution is 7.92. The first kappa shape index (κ1) is 17.3. The first-order chi connectivity index (χ1) is 11.1. The molecule has 0 aliphatic heterocycles. The number of hydrogen-bond acceptors (Lipinski definition) is 3. The SMILES string of the molecule is CCCNc1ccc(NS(=O)(=O)CCCc2ccccc2)cc1. The second-order valence-electron chi connectivity index (χ2n) is 5.51. The Kier molecular flexibility index (Phi) is 6.47. The third kappa shape index (κ3) is 6.32. The van der Waals surface area contributed by atoms with Gasteiger partial charge in [0.1, 0.15) is 0 Å². The van der Waals surface area contributed by atoms with Crippen molar-refractivity contribution in [3.63, 3.8) is 0 Å². The molecule has 124 valence electrons. The Morgan fingerprint density at radius 1 is 0.913 bits per heavy atom. The van der Waals surface area contributed by atoms with E-state index in [1.54, 1.807) is 12.1 Å². The van der Waals surface area contributed by atoms with E-state index in [-0.39, 0.29) is 5.75 Å². The topological polar surface area (TPSA) is 58.2 Å². The van der Waals surface area contributed by atoms with E-state index in [4.69, 9.17) is 0 Å². The molecule has 23 heavy (non-hydrogen) atoms. The molecule has 0 saturated carbocycles. The number of hydrogen-bond donors (Lipinski definition) is 2. The molecule has 5 heteroatoms. The van der Waals surface area contributed by atoms with Gasteiger partial charge in [-0.25, -0.2) is 8.42 Å². The summed E-state index contributed by atoms with van der Waals surface area (Å²) >= 11 is 0. The molecular formula is C18H24N2O2S. The second kappa shape index (κ2) is 8.58. The fourth-order valence-corrected chi connectivity index (χ4v) is 3.39. The number of aryl methyl sites for hydroxylation is 1. The number of anilines is 2. The largest absolute Gasteiger partial charge is 0.385 e. The molecule has 2 aromatic rings. The van der Waals surface area contributed by atoms with Crippen LogP contribution >= 0.6 is 0 Å². The lowest BCUT2D eigenvalue weighted by atomic mass is 10.1. The fourth-order valence-electron chi connectivity index (χ4n) is 2.27. The first-order valence-corrected chi connectivity index (χ1v) is 9.62. The van der Waals surface area contributed by atoms with Crippen LogP contribution in [-0.2, 0) is 16.4 Å². The molecule has 0 spiro atoms. The van der Waals surface area contributed by atoms with Gasteiger partial charge in [-0.2, -0.15) is 0 Å². The summed E-state index contributed by atoms with van der Waals surface area (Å²) in [6.07, 6.45) is 2.42. The van der Waals surface area contributed by atoms with Crippen molar-refractivity contribution in [2.45, 2.75) is 26.2 Å². The summed E-state index contributed by atoms with van der Waals surface area (Å²) in [5, 5.41) is 3.26. The Morgan fingerprint density at radius 2 is 1.57 bits per heavy atom. The fraction of sp³-hybridized carbons (Fsp3) is 0.333. The Morgan fingerprint density at radius 3 is 2.22 bits per heavy atom. The van der Waals surface area contributed by atoms with Gasteiger partial charge in [0.2, 0.25) is 10.0 Å². The average molecular weight is 332 g/mol. The van der Waals surface area contributed by atoms with Crippen LogP contribution in [0.25, 0.3) is 0 Å². The number of nitrogens with one attached hydrogen (secondary N) is 2. The van der Waals surface area contributed by atoms with E-state index < -0.39 is 10.0 Å². The van der Waals surface area contributed by atoms with Crippen molar-refractivity contribution < 1.29 is 8.42 Å². The van der Waals surface area contributed by atoms with Crippen LogP contribution in [0.2, 0.25) is 0 Å². The molecule has 4 nitrogen and oxygen atoms in total. The van der Waals surface area contributed by atoms with E-state index in [1.807, 2.05) is 42.5 Å². The van der Waals surface area contributed by atoms with Crippen LogP contribution in [-0.4, -0.2) is 20.7 Å². The van der Waals surface area contributed by atoms with Crippen molar-refractivity contribution in [3.8, 4) is 0 Å². The minimum atomic E-state index is -3.30. The molecule has 0 atom stereocenters. The lowest BCUT2D eigenvalue weighted by Gasteiger charge is -2.10. The van der Waals surface area contributed by atoms with Crippen LogP contribution in [0.3, 0.4) is 0 Å². The maximum Gasteiger partial charge on any atom is 0.232 e. The van der Waals surface area contributed by atoms with E-state index in [2.05, 4.69) is 17.0 Å². The van der Waals surface area contributed by atoms with Gasteiger partial charge in [-0.15, -0.1) is 0 Å². The molecule has 0 fully saturated rings. The smallest absolute Gasteiger partial charge is 0.232 e. The number of sulfonamides is 1. The summed E-state index contributed by atoms with van der Waals surface area (Å²) in [7, 11) is -3.30. The highest BCUT2D eigenvalue weighted by Gasteiger charge is 2.10. The molecule has 0 unspecified atom stereocenters. The van der Waals surface area contributed by atoms with Crippen LogP contribution in [0.15, 0.2) is 54.6 Å². The molecule has 2 aromatic carbocycles. The summed E-state index contributed by atoms with van der Waals surface area (Å²) in [5.41, 5.74) is 2.76. The summed E-state index contributed by atoms with van der Waals surface area (Å²) in [5.74, 6) is 0.123. The van der Waals surface area contributed by atoms with Crippen LogP contribution in [0.1, 0.15) is 25.3 Å². The molecule has 0 aliphatic carbocycles. The van der Waals surface area contributed by atoms with Gasteiger partial charge >= 0.3 is 0 Å². The third-order valence-electron chi connectivity index (χ3n) is 3.46. The van der Waals surface area contributed by atoms with Crippen molar-refractivity contribution in [1.29, 1.82) is 0 Å². The third-order valence-corrected chi connectivity index (χ3v) is 4.83. The normalized spacial score (nSPS) is 11.2. The van der Waals surface area contributed by atoms with Crippen molar-refractivity contribution in [2.75, 3.05) is 22.3 Å². The highest BCUT2D eigenvalue weighted by Crippen LogP contribution is 2.15. The highest BCUT2D eigenvalue weighted by atomic mass is 32.2. The van der Waals surface area contributed by atoms with E-state index >= 15 is 0 Å². The zero-order valence-corrected chi connectivity index (χ0v) is 14.3. The van der Waals surface area contributed by atoms with E-state index in [1.165, 1.54) is 0 Å². The minimum absolute atomic E-state index is 0.123. The molecule has 2 rings (SSSR count). The zero-order chi connectivity index (χ0) is 16.5. The molecule has 0 bridgehead atoms. The maximum atomic E-state index is 12.1. The zero-order valence-electron chi connectivity index (χ0n) is 13.5. The predicted octanol–water partition coefficient (Wildman–Crippen LogP) is 3.88. The van der Waals surface area contributed by atoms with Crippen LogP contribution in [0.4, 0.5) is 11.4 Å². The predicted molar refractivity (Wildman–Crippen MR) is 97.4 cm³/mol. The van der Waals surface area contributed by atoms with Gasteiger partial charge in [0.15, 0.2) is 0 Å². The molecule has 0 aliphatic rings. The van der Waals surface area contributed by atoms with Gasteiger partial charge < -0.3 is 5.32 Å². The van der Waals surface area contributed by atoms with Crippen molar-refractivity contribution in [2.24, 2.45) is 0 Å². The minimum Gasteiger partial charge on any atom is -0.385 e. The standard InChI is InChI=1S/C18H24N2O2S/c1-2-14-19-17-10-12-18(13-11-17)20-23(21,22)15-6-9-16-7-4-3-5-8-16/h3-5,7-8,10-13,19-20H,2,6,9,14-15H2,1H3. The average Bonchev–Trinajstić information content (AvgIpc) is 2.55. The first-order valence-electron chi connectivity index (χ1n) is 7.97. The Balaban J connectivity index is 1.83. The van der Waals surface area contributed by atoms with E-state index in [9.17, 15) is 8.42 Å². The van der Waals surface area contributed by atoms with E-state index in [0.29, 0.717) is 12.1 Å². The van der Waals surface area contributed by atoms with Gasteiger partial charge in [0, 0.05) is 17.9 Å². The van der Waals surface area contributed by atoms with Crippen LogP contribution < -0.4 is 10.0 Å². The van der Waals surface area contributed by atoms with E-state index in [0.717, 1.165) is 30.6 Å².